The number of nitrogens with zero attached hydrogens (tertiary/aromatic N) is 3. The van der Waals surface area contributed by atoms with Crippen molar-refractivity contribution >= 4 is 5.91 Å². The van der Waals surface area contributed by atoms with E-state index in [1.54, 1.807) is 31.6 Å². The largest absolute Gasteiger partial charge is 0.486 e. The Morgan fingerprint density at radius 1 is 1.33 bits per heavy atom. The summed E-state index contributed by atoms with van der Waals surface area (Å²) < 4.78 is 17.9. The van der Waals surface area contributed by atoms with Gasteiger partial charge >= 0.3 is 0 Å². The Hall–Kier alpha value is -2.61. The normalized spacial score (nSPS) is 12.9. The molecule has 0 spiro atoms. The molecule has 8 nitrogen and oxygen atoms in total. The summed E-state index contributed by atoms with van der Waals surface area (Å²) in [6.45, 7) is 2.78. The van der Waals surface area contributed by atoms with Crippen LogP contribution in [0, 0.1) is 0 Å². The van der Waals surface area contributed by atoms with Crippen LogP contribution < -0.4 is 14.8 Å². The quantitative estimate of drug-likeness (QED) is 0.802. The SMILES string of the molecule is COCCn1cnnc1CCNC(=O)c1ccc2c(c1)OCCO2. The number of carbonyl (C=O) groups is 1. The van der Waals surface area contributed by atoms with Gasteiger partial charge < -0.3 is 24.1 Å². The highest BCUT2D eigenvalue weighted by atomic mass is 16.6. The van der Waals surface area contributed by atoms with Gasteiger partial charge in [-0.05, 0) is 18.2 Å². The van der Waals surface area contributed by atoms with Crippen LogP contribution in [0.5, 0.6) is 11.5 Å². The highest BCUT2D eigenvalue weighted by molar-refractivity contribution is 5.94. The summed E-state index contributed by atoms with van der Waals surface area (Å²) in [4.78, 5) is 12.2. The van der Waals surface area contributed by atoms with Crippen LogP contribution in [0.25, 0.3) is 0 Å². The third kappa shape index (κ3) is 3.83. The molecule has 0 saturated heterocycles. The third-order valence-corrected chi connectivity index (χ3v) is 3.67. The fraction of sp³-hybridized carbons (Fsp3) is 0.438. The summed E-state index contributed by atoms with van der Waals surface area (Å²) in [5, 5.41) is 10.8. The maximum Gasteiger partial charge on any atom is 0.251 e. The van der Waals surface area contributed by atoms with E-state index in [1.807, 2.05) is 4.57 Å². The summed E-state index contributed by atoms with van der Waals surface area (Å²) >= 11 is 0. The highest BCUT2D eigenvalue weighted by Gasteiger charge is 2.15. The second kappa shape index (κ2) is 7.78. The summed E-state index contributed by atoms with van der Waals surface area (Å²) in [5.74, 6) is 1.93. The summed E-state index contributed by atoms with van der Waals surface area (Å²) in [5.41, 5.74) is 0.542. The number of carbonyl (C=O) groups excluding carboxylic acids is 1. The number of hydrogen-bond acceptors (Lipinski definition) is 6. The van der Waals surface area contributed by atoms with Gasteiger partial charge in [0.05, 0.1) is 6.61 Å². The molecule has 8 heteroatoms. The van der Waals surface area contributed by atoms with Gasteiger partial charge in [-0.15, -0.1) is 10.2 Å². The van der Waals surface area contributed by atoms with Crippen molar-refractivity contribution < 1.29 is 19.0 Å². The second-order valence-electron chi connectivity index (χ2n) is 5.30. The minimum atomic E-state index is -0.157. The molecule has 1 aromatic carbocycles. The first-order valence-electron chi connectivity index (χ1n) is 7.81. The van der Waals surface area contributed by atoms with Gasteiger partial charge in [-0.3, -0.25) is 4.79 Å². The lowest BCUT2D eigenvalue weighted by molar-refractivity contribution is 0.0952. The molecule has 2 aromatic rings. The van der Waals surface area contributed by atoms with Crippen LogP contribution in [-0.2, 0) is 17.7 Å². The van der Waals surface area contributed by atoms with Gasteiger partial charge in [0.25, 0.3) is 5.91 Å². The molecular weight excluding hydrogens is 312 g/mol. The number of methoxy groups -OCH3 is 1. The smallest absolute Gasteiger partial charge is 0.251 e. The molecule has 24 heavy (non-hydrogen) atoms. The van der Waals surface area contributed by atoms with Gasteiger partial charge in [-0.25, -0.2) is 0 Å². The van der Waals surface area contributed by atoms with Crippen molar-refractivity contribution in [2.45, 2.75) is 13.0 Å². The van der Waals surface area contributed by atoms with E-state index in [1.165, 1.54) is 0 Å². The van der Waals surface area contributed by atoms with Gasteiger partial charge in [-0.2, -0.15) is 0 Å². The van der Waals surface area contributed by atoms with Crippen LogP contribution in [0.2, 0.25) is 0 Å². The number of amides is 1. The lowest BCUT2D eigenvalue weighted by Crippen LogP contribution is -2.27. The first-order chi connectivity index (χ1) is 11.8. The predicted octanol–water partition coefficient (Wildman–Crippen LogP) is 0.668. The van der Waals surface area contributed by atoms with E-state index in [0.717, 1.165) is 5.82 Å². The Balaban J connectivity index is 1.53. The number of rotatable bonds is 7. The molecule has 1 amide bonds. The Morgan fingerprint density at radius 2 is 2.17 bits per heavy atom. The molecule has 2 heterocycles. The van der Waals surface area contributed by atoms with Gasteiger partial charge in [0.15, 0.2) is 11.5 Å². The van der Waals surface area contributed by atoms with E-state index in [-0.39, 0.29) is 5.91 Å². The number of hydrogen-bond donors (Lipinski definition) is 1. The molecule has 1 N–H and O–H groups in total. The lowest BCUT2D eigenvalue weighted by atomic mass is 10.2. The lowest BCUT2D eigenvalue weighted by Gasteiger charge is -2.18. The van der Waals surface area contributed by atoms with Crippen molar-refractivity contribution in [2.24, 2.45) is 0 Å². The molecule has 0 aliphatic carbocycles. The van der Waals surface area contributed by atoms with Crippen LogP contribution in [0.15, 0.2) is 24.5 Å². The molecule has 0 unspecified atom stereocenters. The topological polar surface area (TPSA) is 87.5 Å². The van der Waals surface area contributed by atoms with Crippen LogP contribution >= 0.6 is 0 Å². The number of fused-ring (bicyclic) bond motifs is 1. The number of benzene rings is 1. The zero-order valence-corrected chi connectivity index (χ0v) is 13.5. The van der Waals surface area contributed by atoms with Gasteiger partial charge in [0.1, 0.15) is 25.4 Å². The average Bonchev–Trinajstić information content (AvgIpc) is 3.06. The molecule has 0 saturated carbocycles. The molecule has 1 aliphatic rings. The molecule has 0 radical (unpaired) electrons. The van der Waals surface area contributed by atoms with Crippen molar-refractivity contribution in [3.05, 3.63) is 35.9 Å². The summed E-state index contributed by atoms with van der Waals surface area (Å²) in [6, 6.07) is 5.18. The molecule has 0 bridgehead atoms. The molecule has 0 fully saturated rings. The minimum Gasteiger partial charge on any atom is -0.486 e. The average molecular weight is 332 g/mol. The van der Waals surface area contributed by atoms with E-state index in [2.05, 4.69) is 15.5 Å². The highest BCUT2D eigenvalue weighted by Crippen LogP contribution is 2.30. The maximum atomic E-state index is 12.2. The fourth-order valence-corrected chi connectivity index (χ4v) is 2.42. The van der Waals surface area contributed by atoms with E-state index in [4.69, 9.17) is 14.2 Å². The zero-order valence-electron chi connectivity index (χ0n) is 13.5. The molecule has 1 aliphatic heterocycles. The maximum absolute atomic E-state index is 12.2. The number of nitrogens with one attached hydrogen (secondary N) is 1. The Bertz CT molecular complexity index is 701. The Labute approximate surface area is 139 Å². The first kappa shape index (κ1) is 16.3. The van der Waals surface area contributed by atoms with Crippen molar-refractivity contribution in [3.63, 3.8) is 0 Å². The van der Waals surface area contributed by atoms with Crippen LogP contribution in [0.3, 0.4) is 0 Å². The standard InChI is InChI=1S/C16H20N4O4/c1-22-7-6-20-11-18-19-15(20)4-5-17-16(21)12-2-3-13-14(10-12)24-9-8-23-13/h2-3,10-11H,4-9H2,1H3,(H,17,21). The van der Waals surface area contributed by atoms with Crippen molar-refractivity contribution in [1.29, 1.82) is 0 Å². The summed E-state index contributed by atoms with van der Waals surface area (Å²) in [6.07, 6.45) is 2.26. The van der Waals surface area contributed by atoms with Crippen LogP contribution in [-0.4, -0.2) is 54.1 Å². The van der Waals surface area contributed by atoms with Gasteiger partial charge in [0, 0.05) is 32.2 Å². The molecule has 1 aromatic heterocycles. The number of aromatic nitrogens is 3. The second-order valence-corrected chi connectivity index (χ2v) is 5.30. The minimum absolute atomic E-state index is 0.157. The van der Waals surface area contributed by atoms with E-state index < -0.39 is 0 Å². The Kier molecular flexibility index (Phi) is 5.27. The predicted molar refractivity (Wildman–Crippen MR) is 85.4 cm³/mol. The van der Waals surface area contributed by atoms with Crippen molar-refractivity contribution in [2.75, 3.05) is 33.5 Å². The monoisotopic (exact) mass is 332 g/mol. The number of ether oxygens (including phenoxy) is 3. The van der Waals surface area contributed by atoms with Gasteiger partial charge in [-0.1, -0.05) is 0 Å². The van der Waals surface area contributed by atoms with E-state index >= 15 is 0 Å². The van der Waals surface area contributed by atoms with Crippen molar-refractivity contribution in [3.8, 4) is 11.5 Å². The van der Waals surface area contributed by atoms with E-state index in [9.17, 15) is 4.79 Å². The van der Waals surface area contributed by atoms with E-state index in [0.29, 0.717) is 56.4 Å². The molecule has 3 rings (SSSR count). The first-order valence-corrected chi connectivity index (χ1v) is 7.81. The fourth-order valence-electron chi connectivity index (χ4n) is 2.42. The molecular formula is C16H20N4O4. The Morgan fingerprint density at radius 3 is 3.00 bits per heavy atom. The van der Waals surface area contributed by atoms with Crippen molar-refractivity contribution in [1.82, 2.24) is 20.1 Å². The molecule has 128 valence electrons. The third-order valence-electron chi connectivity index (χ3n) is 3.67. The van der Waals surface area contributed by atoms with Gasteiger partial charge in [0.2, 0.25) is 0 Å². The summed E-state index contributed by atoms with van der Waals surface area (Å²) in [7, 11) is 1.65. The van der Waals surface area contributed by atoms with Crippen LogP contribution in [0.4, 0.5) is 0 Å². The molecule has 0 atom stereocenters. The zero-order chi connectivity index (χ0) is 16.8. The van der Waals surface area contributed by atoms with Crippen LogP contribution in [0.1, 0.15) is 16.2 Å².